The molecule has 6 heteroatoms. The van der Waals surface area contributed by atoms with Crippen molar-refractivity contribution in [1.82, 2.24) is 0 Å². The number of hydrogen-bond acceptors (Lipinski definition) is 4. The molecule has 0 heterocycles. The van der Waals surface area contributed by atoms with Gasteiger partial charge in [0.1, 0.15) is 5.69 Å². The molecule has 0 saturated heterocycles. The van der Waals surface area contributed by atoms with E-state index >= 15 is 0 Å². The van der Waals surface area contributed by atoms with Gasteiger partial charge in [0.05, 0.1) is 4.92 Å². The van der Waals surface area contributed by atoms with Crippen LogP contribution in [0, 0.1) is 22.9 Å². The van der Waals surface area contributed by atoms with Crippen molar-refractivity contribution in [2.24, 2.45) is 0 Å². The third kappa shape index (κ3) is 3.03. The van der Waals surface area contributed by atoms with E-state index in [1.807, 2.05) is 6.92 Å². The molecule has 0 fully saturated rings. The largest absolute Gasteiger partial charge is 0.505 e. The molecule has 0 aliphatic rings. The number of phenols is 1. The average molecular weight is 276 g/mol. The first-order valence-electron chi connectivity index (χ1n) is 5.93. The lowest BCUT2D eigenvalue weighted by Crippen LogP contribution is -2.03. The Bertz CT molecular complexity index is 659. The van der Waals surface area contributed by atoms with E-state index in [9.17, 15) is 14.5 Å². The van der Waals surface area contributed by atoms with Crippen LogP contribution in [0.1, 0.15) is 11.1 Å². The summed E-state index contributed by atoms with van der Waals surface area (Å²) in [4.78, 5) is 10.4. The Morgan fingerprint density at radius 1 is 1.30 bits per heavy atom. The zero-order valence-corrected chi connectivity index (χ0v) is 10.8. The van der Waals surface area contributed by atoms with Crippen molar-refractivity contribution in [2.45, 2.75) is 13.5 Å². The summed E-state index contributed by atoms with van der Waals surface area (Å²) in [5.74, 6) is -1.14. The van der Waals surface area contributed by atoms with Gasteiger partial charge in [-0.2, -0.15) is 0 Å². The van der Waals surface area contributed by atoms with Crippen LogP contribution in [0.3, 0.4) is 0 Å². The summed E-state index contributed by atoms with van der Waals surface area (Å²) in [5.41, 5.74) is 1.81. The fraction of sp³-hybridized carbons (Fsp3) is 0.143. The number of aryl methyl sites for hydroxylation is 1. The first kappa shape index (κ1) is 13.8. The van der Waals surface area contributed by atoms with Crippen LogP contribution in [-0.2, 0) is 6.54 Å². The first-order valence-corrected chi connectivity index (χ1v) is 5.93. The second kappa shape index (κ2) is 5.56. The maximum atomic E-state index is 13.2. The minimum absolute atomic E-state index is 0.0325. The van der Waals surface area contributed by atoms with Crippen LogP contribution < -0.4 is 5.32 Å². The fourth-order valence-corrected chi connectivity index (χ4v) is 1.81. The van der Waals surface area contributed by atoms with Gasteiger partial charge in [-0.05, 0) is 36.2 Å². The van der Waals surface area contributed by atoms with E-state index in [0.717, 1.165) is 5.56 Å². The highest BCUT2D eigenvalue weighted by Gasteiger charge is 2.13. The maximum Gasteiger partial charge on any atom is 0.292 e. The Labute approximate surface area is 114 Å². The Hall–Kier alpha value is -2.63. The lowest BCUT2D eigenvalue weighted by Gasteiger charge is -2.08. The molecule has 2 aromatic rings. The highest BCUT2D eigenvalue weighted by Crippen LogP contribution is 2.26. The van der Waals surface area contributed by atoms with Gasteiger partial charge in [-0.25, -0.2) is 4.39 Å². The number of nitrogens with zero attached hydrogens (tertiary/aromatic N) is 1. The van der Waals surface area contributed by atoms with E-state index in [0.29, 0.717) is 11.3 Å². The predicted octanol–water partition coefficient (Wildman–Crippen LogP) is 3.36. The first-order chi connectivity index (χ1) is 9.47. The number of nitro groups is 1. The topological polar surface area (TPSA) is 75.4 Å². The molecule has 0 unspecified atom stereocenters. The molecule has 0 atom stereocenters. The molecule has 0 aliphatic carbocycles. The van der Waals surface area contributed by atoms with Crippen molar-refractivity contribution >= 4 is 11.4 Å². The van der Waals surface area contributed by atoms with Gasteiger partial charge in [0, 0.05) is 12.6 Å². The van der Waals surface area contributed by atoms with E-state index in [4.69, 9.17) is 5.11 Å². The molecule has 0 aromatic heterocycles. The molecular formula is C14H13FN2O3. The third-order valence-electron chi connectivity index (χ3n) is 2.84. The zero-order valence-electron chi connectivity index (χ0n) is 10.8. The van der Waals surface area contributed by atoms with E-state index in [1.54, 1.807) is 18.2 Å². The second-order valence-electron chi connectivity index (χ2n) is 4.42. The molecule has 0 saturated carbocycles. The molecule has 104 valence electrons. The summed E-state index contributed by atoms with van der Waals surface area (Å²) >= 11 is 0. The Morgan fingerprint density at radius 3 is 2.70 bits per heavy atom. The van der Waals surface area contributed by atoms with Crippen molar-refractivity contribution in [3.05, 3.63) is 63.5 Å². The van der Waals surface area contributed by atoms with Gasteiger partial charge in [-0.1, -0.05) is 12.1 Å². The predicted molar refractivity (Wildman–Crippen MR) is 73.2 cm³/mol. The van der Waals surface area contributed by atoms with Crippen LogP contribution in [0.5, 0.6) is 5.75 Å². The van der Waals surface area contributed by atoms with Gasteiger partial charge in [-0.15, -0.1) is 0 Å². The van der Waals surface area contributed by atoms with Crippen LogP contribution in [-0.4, -0.2) is 10.0 Å². The number of benzene rings is 2. The van der Waals surface area contributed by atoms with Crippen molar-refractivity contribution < 1.29 is 14.4 Å². The number of anilines is 1. The van der Waals surface area contributed by atoms with Crippen molar-refractivity contribution in [3.8, 4) is 5.75 Å². The van der Waals surface area contributed by atoms with Crippen LogP contribution >= 0.6 is 0 Å². The van der Waals surface area contributed by atoms with Gasteiger partial charge >= 0.3 is 0 Å². The molecule has 2 rings (SSSR count). The molecule has 0 spiro atoms. The summed E-state index contributed by atoms with van der Waals surface area (Å²) in [6.45, 7) is 2.05. The number of halogens is 1. The fourth-order valence-electron chi connectivity index (χ4n) is 1.81. The monoisotopic (exact) mass is 276 g/mol. The van der Waals surface area contributed by atoms with Gasteiger partial charge < -0.3 is 10.4 Å². The molecule has 0 radical (unpaired) electrons. The van der Waals surface area contributed by atoms with Crippen LogP contribution in [0.15, 0.2) is 36.4 Å². The lowest BCUT2D eigenvalue weighted by atomic mass is 10.1. The molecule has 20 heavy (non-hydrogen) atoms. The van der Waals surface area contributed by atoms with Gasteiger partial charge in [0.15, 0.2) is 11.6 Å². The minimum atomic E-state index is -0.719. The van der Waals surface area contributed by atoms with Crippen molar-refractivity contribution in [1.29, 1.82) is 0 Å². The minimum Gasteiger partial charge on any atom is -0.505 e. The van der Waals surface area contributed by atoms with E-state index in [-0.39, 0.29) is 12.2 Å². The quantitative estimate of drug-likeness (QED) is 0.663. The highest BCUT2D eigenvalue weighted by molar-refractivity contribution is 5.62. The number of hydrogen-bond donors (Lipinski definition) is 2. The number of aromatic hydroxyl groups is 1. The smallest absolute Gasteiger partial charge is 0.292 e. The summed E-state index contributed by atoms with van der Waals surface area (Å²) < 4.78 is 13.2. The van der Waals surface area contributed by atoms with E-state index < -0.39 is 16.5 Å². The number of phenolic OH excluding ortho intramolecular Hbond substituents is 1. The lowest BCUT2D eigenvalue weighted by molar-refractivity contribution is -0.384. The number of nitrogens with one attached hydrogen (secondary N) is 1. The number of rotatable bonds is 4. The van der Waals surface area contributed by atoms with Crippen LogP contribution in [0.2, 0.25) is 0 Å². The molecule has 2 N–H and O–H groups in total. The summed E-state index contributed by atoms with van der Waals surface area (Å²) in [6, 6.07) is 8.72. The average Bonchev–Trinajstić information content (AvgIpc) is 2.40. The summed E-state index contributed by atoms with van der Waals surface area (Å²) in [7, 11) is 0. The Balaban J connectivity index is 2.20. The summed E-state index contributed by atoms with van der Waals surface area (Å²) in [5, 5.41) is 22.9. The van der Waals surface area contributed by atoms with Crippen LogP contribution in [0.25, 0.3) is 0 Å². The van der Waals surface area contributed by atoms with Crippen molar-refractivity contribution in [3.63, 3.8) is 0 Å². The SMILES string of the molecule is Cc1ccc([N+](=O)[O-])c(NCc2ccc(O)c(F)c2)c1. The van der Waals surface area contributed by atoms with Crippen LogP contribution in [0.4, 0.5) is 15.8 Å². The van der Waals surface area contributed by atoms with Gasteiger partial charge in [0.25, 0.3) is 5.69 Å². The number of nitro benzene ring substituents is 1. The van der Waals surface area contributed by atoms with E-state index in [2.05, 4.69) is 5.32 Å². The summed E-state index contributed by atoms with van der Waals surface area (Å²) in [6.07, 6.45) is 0. The molecule has 0 bridgehead atoms. The highest BCUT2D eigenvalue weighted by atomic mass is 19.1. The molecule has 0 amide bonds. The molecular weight excluding hydrogens is 263 g/mol. The van der Waals surface area contributed by atoms with Gasteiger partial charge in [-0.3, -0.25) is 10.1 Å². The standard InChI is InChI=1S/C14H13FN2O3/c1-9-2-4-13(17(19)20)12(6-9)16-8-10-3-5-14(18)11(15)7-10/h2-7,16,18H,8H2,1H3. The van der Waals surface area contributed by atoms with Gasteiger partial charge in [0.2, 0.25) is 0 Å². The molecule has 5 nitrogen and oxygen atoms in total. The second-order valence-corrected chi connectivity index (χ2v) is 4.42. The Morgan fingerprint density at radius 2 is 2.05 bits per heavy atom. The Kier molecular flexibility index (Phi) is 3.84. The molecule has 0 aliphatic heterocycles. The zero-order chi connectivity index (χ0) is 14.7. The van der Waals surface area contributed by atoms with Crippen molar-refractivity contribution in [2.75, 3.05) is 5.32 Å². The third-order valence-corrected chi connectivity index (χ3v) is 2.84. The normalized spacial score (nSPS) is 10.3. The molecule has 2 aromatic carbocycles. The maximum absolute atomic E-state index is 13.2. The van der Waals surface area contributed by atoms with E-state index in [1.165, 1.54) is 18.2 Å².